The third-order valence-electron chi connectivity index (χ3n) is 6.78. The Kier molecular flexibility index (Phi) is 5.50. The summed E-state index contributed by atoms with van der Waals surface area (Å²) in [6.07, 6.45) is 5.12. The zero-order chi connectivity index (χ0) is 24.0. The van der Waals surface area contributed by atoms with E-state index in [1.54, 1.807) is 23.0 Å². The van der Waals surface area contributed by atoms with E-state index in [1.165, 1.54) is 26.8 Å². The number of hydrogen-bond donors (Lipinski definition) is 0. The Balaban J connectivity index is 1.69. The van der Waals surface area contributed by atoms with Gasteiger partial charge >= 0.3 is 5.69 Å². The van der Waals surface area contributed by atoms with E-state index in [1.807, 2.05) is 0 Å². The van der Waals surface area contributed by atoms with Gasteiger partial charge in [0.25, 0.3) is 5.56 Å². The van der Waals surface area contributed by atoms with Crippen LogP contribution in [0.5, 0.6) is 0 Å². The molecule has 0 saturated heterocycles. The van der Waals surface area contributed by atoms with Gasteiger partial charge in [-0.25, -0.2) is 18.7 Å². The Morgan fingerprint density at radius 3 is 2.38 bits per heavy atom. The van der Waals surface area contributed by atoms with E-state index >= 15 is 0 Å². The second-order valence-electron chi connectivity index (χ2n) is 10.2. The Morgan fingerprint density at radius 2 is 1.74 bits per heavy atom. The number of rotatable bonds is 4. The number of halogens is 1. The number of imidazole rings is 1. The first-order valence-electron chi connectivity index (χ1n) is 11.8. The topological polar surface area (TPSA) is 61.8 Å². The standard InChI is InChI=1S/C27H29FN4O2/c1-27(2,3)19-13-11-18(12-14-19)16-30-17-29-24-23(30)25(33)32(21-8-4-5-9-21)26(34)31(24)22-10-6-7-20(28)15-22/h6-7,10-15,17,21H,4-5,8-9,16H2,1-3H3. The summed E-state index contributed by atoms with van der Waals surface area (Å²) in [6, 6.07) is 14.0. The number of nitrogens with zero attached hydrogens (tertiary/aromatic N) is 4. The molecule has 7 heteroatoms. The van der Waals surface area contributed by atoms with Crippen LogP contribution in [0.3, 0.4) is 0 Å². The third-order valence-corrected chi connectivity index (χ3v) is 6.78. The first-order valence-corrected chi connectivity index (χ1v) is 11.8. The SMILES string of the molecule is CC(C)(C)c1ccc(Cn2cnc3c2c(=O)n(C2CCCC2)c(=O)n3-c2cccc(F)c2)cc1. The van der Waals surface area contributed by atoms with E-state index in [9.17, 15) is 14.0 Å². The molecule has 34 heavy (non-hydrogen) atoms. The van der Waals surface area contributed by atoms with Crippen molar-refractivity contribution < 1.29 is 4.39 Å². The van der Waals surface area contributed by atoms with Gasteiger partial charge in [0.2, 0.25) is 0 Å². The second-order valence-corrected chi connectivity index (χ2v) is 10.2. The number of fused-ring (bicyclic) bond motifs is 1. The Bertz CT molecular complexity index is 1470. The minimum atomic E-state index is -0.463. The smallest absolute Gasteiger partial charge is 0.320 e. The lowest BCUT2D eigenvalue weighted by Crippen LogP contribution is -2.41. The molecule has 1 aliphatic rings. The molecule has 1 aliphatic carbocycles. The number of hydrogen-bond acceptors (Lipinski definition) is 3. The van der Waals surface area contributed by atoms with Crippen LogP contribution in [0.2, 0.25) is 0 Å². The van der Waals surface area contributed by atoms with Gasteiger partial charge in [0.05, 0.1) is 12.0 Å². The van der Waals surface area contributed by atoms with Gasteiger partial charge in [0.15, 0.2) is 11.2 Å². The van der Waals surface area contributed by atoms with Crippen molar-refractivity contribution in [2.75, 3.05) is 0 Å². The van der Waals surface area contributed by atoms with Crippen molar-refractivity contribution in [1.29, 1.82) is 0 Å². The van der Waals surface area contributed by atoms with Gasteiger partial charge in [0.1, 0.15) is 5.82 Å². The van der Waals surface area contributed by atoms with E-state index in [2.05, 4.69) is 50.0 Å². The first-order chi connectivity index (χ1) is 16.2. The summed E-state index contributed by atoms with van der Waals surface area (Å²) < 4.78 is 18.6. The lowest BCUT2D eigenvalue weighted by atomic mass is 9.87. The predicted molar refractivity (Wildman–Crippen MR) is 131 cm³/mol. The second kappa shape index (κ2) is 8.38. The van der Waals surface area contributed by atoms with E-state index in [0.717, 1.165) is 31.2 Å². The van der Waals surface area contributed by atoms with Crippen molar-refractivity contribution in [1.82, 2.24) is 18.7 Å². The highest BCUT2D eigenvalue weighted by atomic mass is 19.1. The molecule has 1 saturated carbocycles. The minimum absolute atomic E-state index is 0.0519. The van der Waals surface area contributed by atoms with Crippen molar-refractivity contribution >= 4 is 11.2 Å². The van der Waals surface area contributed by atoms with Crippen LogP contribution in [0.25, 0.3) is 16.9 Å². The fraction of sp³-hybridized carbons (Fsp3) is 0.370. The summed E-state index contributed by atoms with van der Waals surface area (Å²) in [4.78, 5) is 31.7. The van der Waals surface area contributed by atoms with Crippen LogP contribution in [-0.2, 0) is 12.0 Å². The van der Waals surface area contributed by atoms with Gasteiger partial charge in [-0.2, -0.15) is 0 Å². The molecule has 2 heterocycles. The Labute approximate surface area is 197 Å². The molecule has 4 aromatic rings. The Hall–Kier alpha value is -3.48. The zero-order valence-corrected chi connectivity index (χ0v) is 19.8. The molecule has 0 amide bonds. The number of aromatic nitrogens is 4. The van der Waals surface area contributed by atoms with Crippen molar-refractivity contribution in [3.8, 4) is 5.69 Å². The van der Waals surface area contributed by atoms with Crippen molar-refractivity contribution in [3.05, 3.63) is 92.6 Å². The molecular weight excluding hydrogens is 431 g/mol. The predicted octanol–water partition coefficient (Wildman–Crippen LogP) is 4.95. The van der Waals surface area contributed by atoms with E-state index < -0.39 is 11.5 Å². The zero-order valence-electron chi connectivity index (χ0n) is 19.8. The van der Waals surface area contributed by atoms with Gasteiger partial charge in [0, 0.05) is 12.6 Å². The average Bonchev–Trinajstić information content (AvgIpc) is 3.45. The van der Waals surface area contributed by atoms with Crippen LogP contribution in [0, 0.1) is 5.82 Å². The molecule has 6 nitrogen and oxygen atoms in total. The van der Waals surface area contributed by atoms with E-state index in [-0.39, 0.29) is 22.7 Å². The molecule has 2 aromatic heterocycles. The number of benzene rings is 2. The highest BCUT2D eigenvalue weighted by Crippen LogP contribution is 2.28. The van der Waals surface area contributed by atoms with E-state index in [4.69, 9.17) is 0 Å². The molecule has 0 unspecified atom stereocenters. The molecule has 176 valence electrons. The Morgan fingerprint density at radius 1 is 1.03 bits per heavy atom. The normalized spacial score (nSPS) is 14.8. The van der Waals surface area contributed by atoms with Gasteiger partial charge in [-0.05, 0) is 47.6 Å². The van der Waals surface area contributed by atoms with Gasteiger partial charge in [-0.15, -0.1) is 0 Å². The van der Waals surface area contributed by atoms with Crippen LogP contribution < -0.4 is 11.2 Å². The van der Waals surface area contributed by atoms with Crippen LogP contribution in [0.4, 0.5) is 4.39 Å². The highest BCUT2D eigenvalue weighted by molar-refractivity contribution is 5.72. The molecule has 2 aromatic carbocycles. The van der Waals surface area contributed by atoms with Crippen LogP contribution in [0.1, 0.15) is 63.6 Å². The van der Waals surface area contributed by atoms with Crippen LogP contribution in [0.15, 0.2) is 64.4 Å². The summed E-state index contributed by atoms with van der Waals surface area (Å²) in [6.45, 7) is 6.95. The summed E-state index contributed by atoms with van der Waals surface area (Å²) in [5, 5.41) is 0. The summed E-state index contributed by atoms with van der Waals surface area (Å²) >= 11 is 0. The lowest BCUT2D eigenvalue weighted by Gasteiger charge is -2.19. The molecular formula is C27H29FN4O2. The van der Waals surface area contributed by atoms with Crippen molar-refractivity contribution in [2.24, 2.45) is 0 Å². The van der Waals surface area contributed by atoms with Crippen molar-refractivity contribution in [2.45, 2.75) is 64.5 Å². The maximum atomic E-state index is 14.1. The summed E-state index contributed by atoms with van der Waals surface area (Å²) in [5.41, 5.74) is 2.49. The molecule has 0 N–H and O–H groups in total. The van der Waals surface area contributed by atoms with E-state index in [0.29, 0.717) is 17.7 Å². The molecule has 0 atom stereocenters. The maximum Gasteiger partial charge on any atom is 0.337 e. The maximum absolute atomic E-state index is 14.1. The molecule has 1 fully saturated rings. The molecule has 0 bridgehead atoms. The molecule has 0 radical (unpaired) electrons. The quantitative estimate of drug-likeness (QED) is 0.433. The molecule has 5 rings (SSSR count). The van der Waals surface area contributed by atoms with Gasteiger partial charge in [-0.3, -0.25) is 9.36 Å². The third kappa shape index (κ3) is 3.89. The van der Waals surface area contributed by atoms with Crippen LogP contribution in [-0.4, -0.2) is 18.7 Å². The summed E-state index contributed by atoms with van der Waals surface area (Å²) in [7, 11) is 0. The van der Waals surface area contributed by atoms with Gasteiger partial charge in [-0.1, -0.05) is 63.9 Å². The molecule has 0 aliphatic heterocycles. The fourth-order valence-corrected chi connectivity index (χ4v) is 4.91. The minimum Gasteiger partial charge on any atom is -0.320 e. The van der Waals surface area contributed by atoms with Crippen LogP contribution >= 0.6 is 0 Å². The summed E-state index contributed by atoms with van der Waals surface area (Å²) in [5.74, 6) is -0.450. The highest BCUT2D eigenvalue weighted by Gasteiger charge is 2.26. The largest absolute Gasteiger partial charge is 0.337 e. The first kappa shape index (κ1) is 22.3. The molecule has 0 spiro atoms. The average molecular weight is 461 g/mol. The van der Waals surface area contributed by atoms with Gasteiger partial charge < -0.3 is 4.57 Å². The monoisotopic (exact) mass is 460 g/mol. The lowest BCUT2D eigenvalue weighted by molar-refractivity contribution is 0.474. The fourth-order valence-electron chi connectivity index (χ4n) is 4.91. The van der Waals surface area contributed by atoms with Crippen molar-refractivity contribution in [3.63, 3.8) is 0 Å².